The van der Waals surface area contributed by atoms with Gasteiger partial charge in [0.15, 0.2) is 0 Å². The second-order valence-corrected chi connectivity index (χ2v) is 4.43. The van der Waals surface area contributed by atoms with Gasteiger partial charge in [-0.1, -0.05) is 33.6 Å². The Morgan fingerprint density at radius 1 is 1.11 bits per heavy atom. The Kier molecular flexibility index (Phi) is 14.7. The third kappa shape index (κ3) is 8.51. The molecule has 2 aliphatic carbocycles. The Hall–Kier alpha value is 0.423. The van der Waals surface area contributed by atoms with Gasteiger partial charge in [0.1, 0.15) is 0 Å². The van der Waals surface area contributed by atoms with E-state index in [4.69, 9.17) is 0 Å². The molecule has 18 heavy (non-hydrogen) atoms. The molecule has 98 valence electrons. The predicted molar refractivity (Wildman–Crippen MR) is 66.2 cm³/mol. The molecule has 0 aromatic heterocycles. The Morgan fingerprint density at radius 2 is 1.67 bits per heavy atom. The van der Waals surface area contributed by atoms with Crippen LogP contribution in [0.15, 0.2) is 34.4 Å². The zero-order chi connectivity index (χ0) is 11.4. The van der Waals surface area contributed by atoms with Crippen molar-refractivity contribution < 1.29 is 51.0 Å². The van der Waals surface area contributed by atoms with E-state index in [1.54, 1.807) is 0 Å². The van der Waals surface area contributed by atoms with Crippen LogP contribution in [0.25, 0.3) is 0 Å². The van der Waals surface area contributed by atoms with Gasteiger partial charge in [0.25, 0.3) is 0 Å². The topological polar surface area (TPSA) is 0 Å². The van der Waals surface area contributed by atoms with Crippen LogP contribution in [0.5, 0.6) is 0 Å². The number of rotatable bonds is 0. The third-order valence-electron chi connectivity index (χ3n) is 2.64. The van der Waals surface area contributed by atoms with E-state index in [0.29, 0.717) is 5.92 Å². The van der Waals surface area contributed by atoms with Gasteiger partial charge in [0.2, 0.25) is 0 Å². The molecule has 0 N–H and O–H groups in total. The van der Waals surface area contributed by atoms with Gasteiger partial charge in [-0.25, -0.2) is 22.8 Å². The molecule has 0 saturated heterocycles. The van der Waals surface area contributed by atoms with E-state index in [2.05, 4.69) is 58.9 Å². The number of allylic oxidation sites excluding steroid dienone is 8. The minimum Gasteiger partial charge on any atom is -1.00 e. The summed E-state index contributed by atoms with van der Waals surface area (Å²) in [6.45, 7) is 10.6. The van der Waals surface area contributed by atoms with Crippen LogP contribution in [0.3, 0.4) is 0 Å². The van der Waals surface area contributed by atoms with Crippen molar-refractivity contribution in [3.8, 4) is 0 Å². The summed E-state index contributed by atoms with van der Waals surface area (Å²) >= 11 is 0. The summed E-state index contributed by atoms with van der Waals surface area (Å²) in [5.41, 5.74) is 5.42. The maximum absolute atomic E-state index is 3.29. The van der Waals surface area contributed by atoms with Gasteiger partial charge in [-0.3, -0.25) is 12.2 Å². The first-order valence-corrected chi connectivity index (χ1v) is 5.52. The van der Waals surface area contributed by atoms with Crippen molar-refractivity contribution >= 4 is 0 Å². The van der Waals surface area contributed by atoms with Gasteiger partial charge in [-0.15, -0.1) is 13.3 Å². The molecule has 0 aromatic rings. The number of hydrogen-bond acceptors (Lipinski definition) is 0. The van der Waals surface area contributed by atoms with Crippen LogP contribution in [0.4, 0.5) is 0 Å². The molecule has 0 radical (unpaired) electrons. The van der Waals surface area contributed by atoms with Crippen molar-refractivity contribution in [2.24, 2.45) is 5.92 Å². The van der Waals surface area contributed by atoms with E-state index in [1.807, 2.05) is 0 Å². The summed E-state index contributed by atoms with van der Waals surface area (Å²) in [5.74, 6) is 0.551. The predicted octanol–water partition coefficient (Wildman–Crippen LogP) is -1.58. The summed E-state index contributed by atoms with van der Waals surface area (Å²) < 4.78 is 0. The standard InChI is InChI=1S/C8H11.C7H9.2ClH.Zr/c1-6-4-7(2)8(3)5-6;1-6-3-4-7(2)5-6;;;/h4,6H,1-3H3;5H,3H2,1-2H3;2*1H;/q2*-1;;;+4/p-2. The molecule has 0 bridgehead atoms. The molecule has 0 amide bonds. The largest absolute Gasteiger partial charge is 4.00 e. The van der Waals surface area contributed by atoms with Crippen LogP contribution in [0.2, 0.25) is 0 Å². The van der Waals surface area contributed by atoms with Gasteiger partial charge in [0.05, 0.1) is 0 Å². The SMILES string of the molecule is CC1=[C-]C(C)C=C1C.CC1=[C-]CC(C)=C1.[Cl-].[Cl-].[Zr+4]. The third-order valence-corrected chi connectivity index (χ3v) is 2.64. The van der Waals surface area contributed by atoms with Gasteiger partial charge in [0, 0.05) is 0 Å². The van der Waals surface area contributed by atoms with Crippen molar-refractivity contribution in [1.82, 2.24) is 0 Å². The fourth-order valence-electron chi connectivity index (χ4n) is 1.75. The molecule has 2 rings (SSSR count). The van der Waals surface area contributed by atoms with E-state index in [-0.39, 0.29) is 51.0 Å². The van der Waals surface area contributed by atoms with E-state index in [1.165, 1.54) is 22.3 Å². The van der Waals surface area contributed by atoms with Crippen molar-refractivity contribution in [2.75, 3.05) is 0 Å². The maximum atomic E-state index is 3.29. The second-order valence-electron chi connectivity index (χ2n) is 4.43. The molecule has 3 heteroatoms. The average molecular weight is 362 g/mol. The van der Waals surface area contributed by atoms with Crippen molar-refractivity contribution in [1.29, 1.82) is 0 Å². The first-order chi connectivity index (χ1) is 6.99. The fourth-order valence-corrected chi connectivity index (χ4v) is 1.75. The van der Waals surface area contributed by atoms with Crippen LogP contribution in [0, 0.1) is 18.1 Å². The minimum absolute atomic E-state index is 0. The summed E-state index contributed by atoms with van der Waals surface area (Å²) in [6.07, 6.45) is 11.9. The molecular weight excluding hydrogens is 342 g/mol. The van der Waals surface area contributed by atoms with E-state index < -0.39 is 0 Å². The quantitative estimate of drug-likeness (QED) is 0.457. The first kappa shape index (κ1) is 23.5. The van der Waals surface area contributed by atoms with Gasteiger partial charge < -0.3 is 24.8 Å². The first-order valence-electron chi connectivity index (χ1n) is 5.52. The Bertz CT molecular complexity index is 345. The fraction of sp³-hybridized carbons (Fsp3) is 0.467. The van der Waals surface area contributed by atoms with Crippen LogP contribution < -0.4 is 24.8 Å². The molecule has 0 saturated carbocycles. The Labute approximate surface area is 144 Å². The molecule has 0 heterocycles. The molecule has 0 aromatic carbocycles. The van der Waals surface area contributed by atoms with Crippen LogP contribution in [0.1, 0.15) is 41.0 Å². The molecular formula is C15H20Cl2Zr. The second kappa shape index (κ2) is 11.3. The molecule has 0 aliphatic heterocycles. The number of halogens is 2. The zero-order valence-corrected chi connectivity index (χ0v) is 15.7. The zero-order valence-electron chi connectivity index (χ0n) is 11.7. The smallest absolute Gasteiger partial charge is 1.00 e. The summed E-state index contributed by atoms with van der Waals surface area (Å²) in [6, 6.07) is 0. The van der Waals surface area contributed by atoms with Gasteiger partial charge in [-0.05, 0) is 0 Å². The summed E-state index contributed by atoms with van der Waals surface area (Å²) in [7, 11) is 0. The molecule has 1 atom stereocenters. The van der Waals surface area contributed by atoms with E-state index in [0.717, 1.165) is 6.42 Å². The average Bonchev–Trinajstić information content (AvgIpc) is 2.61. The summed E-state index contributed by atoms with van der Waals surface area (Å²) in [4.78, 5) is 0. The van der Waals surface area contributed by atoms with Crippen LogP contribution >= 0.6 is 0 Å². The van der Waals surface area contributed by atoms with Crippen LogP contribution in [-0.2, 0) is 26.2 Å². The van der Waals surface area contributed by atoms with Crippen molar-refractivity contribution in [3.63, 3.8) is 0 Å². The Balaban J connectivity index is -0.000000215. The van der Waals surface area contributed by atoms with Crippen LogP contribution in [-0.4, -0.2) is 0 Å². The minimum atomic E-state index is 0. The maximum Gasteiger partial charge on any atom is 4.00 e. The molecule has 0 fully saturated rings. The van der Waals surface area contributed by atoms with Gasteiger partial charge in [-0.2, -0.15) is 11.6 Å². The molecule has 0 nitrogen and oxygen atoms in total. The van der Waals surface area contributed by atoms with Gasteiger partial charge >= 0.3 is 26.2 Å². The molecule has 0 spiro atoms. The summed E-state index contributed by atoms with van der Waals surface area (Å²) in [5, 5.41) is 0. The van der Waals surface area contributed by atoms with E-state index in [9.17, 15) is 0 Å². The van der Waals surface area contributed by atoms with Crippen molar-refractivity contribution in [2.45, 2.75) is 41.0 Å². The number of hydrogen-bond donors (Lipinski definition) is 0. The normalized spacial score (nSPS) is 19.7. The van der Waals surface area contributed by atoms with E-state index >= 15 is 0 Å². The molecule has 2 aliphatic rings. The Morgan fingerprint density at radius 3 is 1.78 bits per heavy atom. The monoisotopic (exact) mass is 360 g/mol. The van der Waals surface area contributed by atoms with Crippen molar-refractivity contribution in [3.05, 3.63) is 46.6 Å². The molecule has 1 unspecified atom stereocenters.